The van der Waals surface area contributed by atoms with E-state index in [1.165, 1.54) is 11.3 Å². The first-order valence-electron chi connectivity index (χ1n) is 7.53. The molecule has 0 saturated carbocycles. The van der Waals surface area contributed by atoms with Gasteiger partial charge in [-0.3, -0.25) is 4.72 Å². The molecule has 0 radical (unpaired) electrons. The van der Waals surface area contributed by atoms with E-state index in [0.29, 0.717) is 12.1 Å². The summed E-state index contributed by atoms with van der Waals surface area (Å²) in [4.78, 5) is 4.64. The topological polar surface area (TPSA) is 59.1 Å². The Labute approximate surface area is 141 Å². The van der Waals surface area contributed by atoms with Gasteiger partial charge in [-0.15, -0.1) is 11.3 Å². The molecule has 1 aromatic heterocycles. The number of anilines is 1. The zero-order chi connectivity index (χ0) is 17.3. The maximum Gasteiger partial charge on any atom is 0.263 e. The lowest BCUT2D eigenvalue weighted by atomic mass is 10.0. The van der Waals surface area contributed by atoms with E-state index in [0.717, 1.165) is 49.1 Å². The predicted molar refractivity (Wildman–Crippen MR) is 85.1 cm³/mol. The van der Waals surface area contributed by atoms with Crippen LogP contribution in [0.4, 0.5) is 18.3 Å². The van der Waals surface area contributed by atoms with Gasteiger partial charge in [-0.25, -0.2) is 26.6 Å². The van der Waals surface area contributed by atoms with Gasteiger partial charge in [0.25, 0.3) is 10.0 Å². The lowest BCUT2D eigenvalue weighted by Crippen LogP contribution is -2.14. The smallest absolute Gasteiger partial charge is 0.255 e. The molecule has 0 saturated heterocycles. The average molecular weight is 376 g/mol. The summed E-state index contributed by atoms with van der Waals surface area (Å²) in [6, 6.07) is 0.898. The fourth-order valence-electron chi connectivity index (χ4n) is 2.61. The van der Waals surface area contributed by atoms with E-state index in [9.17, 15) is 21.6 Å². The molecule has 2 aromatic rings. The second-order valence-electron chi connectivity index (χ2n) is 5.61. The van der Waals surface area contributed by atoms with E-state index in [4.69, 9.17) is 0 Å². The van der Waals surface area contributed by atoms with Crippen molar-refractivity contribution in [1.82, 2.24) is 4.98 Å². The number of nitrogens with one attached hydrogen (secondary N) is 1. The predicted octanol–water partition coefficient (Wildman–Crippen LogP) is 4.02. The van der Waals surface area contributed by atoms with Gasteiger partial charge in [0, 0.05) is 4.88 Å². The molecular weight excluding hydrogens is 361 g/mol. The fraction of sp³-hybridized carbons (Fsp3) is 0.400. The van der Waals surface area contributed by atoms with E-state index in [1.54, 1.807) is 0 Å². The molecule has 0 amide bonds. The lowest BCUT2D eigenvalue weighted by molar-refractivity contribution is 0.442. The standard InChI is InChI=1S/C15H15F3N2O2S2/c16-10-7-9(8-11(17)14(10)18)24(21,22)20-15-19-12-5-3-1-2-4-6-13(12)23-15/h7-8H,1-6H2,(H,19,20). The van der Waals surface area contributed by atoms with E-state index in [2.05, 4.69) is 9.71 Å². The van der Waals surface area contributed by atoms with Crippen molar-refractivity contribution in [3.8, 4) is 0 Å². The van der Waals surface area contributed by atoms with Crippen molar-refractivity contribution in [2.75, 3.05) is 4.72 Å². The van der Waals surface area contributed by atoms with Crippen molar-refractivity contribution in [2.45, 2.75) is 43.4 Å². The van der Waals surface area contributed by atoms with Gasteiger partial charge < -0.3 is 0 Å². The number of halogens is 3. The number of hydrogen-bond acceptors (Lipinski definition) is 4. The SMILES string of the molecule is O=S(=O)(Nc1nc2c(s1)CCCCCC2)c1cc(F)c(F)c(F)c1. The Balaban J connectivity index is 1.88. The number of benzene rings is 1. The van der Waals surface area contributed by atoms with Crippen LogP contribution in [0.15, 0.2) is 17.0 Å². The van der Waals surface area contributed by atoms with Gasteiger partial charge in [-0.1, -0.05) is 12.8 Å². The largest absolute Gasteiger partial charge is 0.263 e. The molecule has 9 heteroatoms. The number of fused-ring (bicyclic) bond motifs is 1. The summed E-state index contributed by atoms with van der Waals surface area (Å²) in [6.07, 6.45) is 5.90. The molecule has 1 N–H and O–H groups in total. The van der Waals surface area contributed by atoms with Crippen LogP contribution in [-0.2, 0) is 22.9 Å². The molecule has 1 heterocycles. The first-order chi connectivity index (χ1) is 11.4. The van der Waals surface area contributed by atoms with Gasteiger partial charge in [0.1, 0.15) is 0 Å². The second-order valence-corrected chi connectivity index (χ2v) is 8.38. The van der Waals surface area contributed by atoms with Crippen LogP contribution in [0.3, 0.4) is 0 Å². The van der Waals surface area contributed by atoms with E-state index in [1.807, 2.05) is 0 Å². The lowest BCUT2D eigenvalue weighted by Gasteiger charge is -2.06. The van der Waals surface area contributed by atoms with Crippen LogP contribution in [0.1, 0.15) is 36.3 Å². The summed E-state index contributed by atoms with van der Waals surface area (Å²) >= 11 is 1.23. The van der Waals surface area contributed by atoms with Gasteiger partial charge in [-0.05, 0) is 37.8 Å². The Morgan fingerprint density at radius 1 is 1.00 bits per heavy atom. The van der Waals surface area contributed by atoms with Crippen LogP contribution >= 0.6 is 11.3 Å². The molecule has 4 nitrogen and oxygen atoms in total. The second kappa shape index (κ2) is 6.72. The number of nitrogens with zero attached hydrogens (tertiary/aromatic N) is 1. The molecule has 0 aliphatic heterocycles. The molecule has 0 bridgehead atoms. The summed E-state index contributed by atoms with van der Waals surface area (Å²) in [5.41, 5.74) is 0.869. The molecule has 1 aliphatic carbocycles. The summed E-state index contributed by atoms with van der Waals surface area (Å²) < 4.78 is 66.3. The summed E-state index contributed by atoms with van der Waals surface area (Å²) in [5, 5.41) is 0.159. The minimum atomic E-state index is -4.24. The van der Waals surface area contributed by atoms with Crippen molar-refractivity contribution in [3.05, 3.63) is 40.2 Å². The first-order valence-corrected chi connectivity index (χ1v) is 9.83. The van der Waals surface area contributed by atoms with Crippen LogP contribution in [0.2, 0.25) is 0 Å². The Bertz CT molecular complexity index is 817. The summed E-state index contributed by atoms with van der Waals surface area (Å²) in [5.74, 6) is -4.81. The zero-order valence-corrected chi connectivity index (χ0v) is 14.2. The molecule has 1 aromatic carbocycles. The quantitative estimate of drug-likeness (QED) is 0.823. The van der Waals surface area contributed by atoms with Gasteiger partial charge in [0.2, 0.25) is 0 Å². The minimum Gasteiger partial charge on any atom is -0.255 e. The van der Waals surface area contributed by atoms with Crippen LogP contribution in [-0.4, -0.2) is 13.4 Å². The Morgan fingerprint density at radius 3 is 2.29 bits per heavy atom. The van der Waals surface area contributed by atoms with Crippen LogP contribution < -0.4 is 4.72 Å². The van der Waals surface area contributed by atoms with Crippen molar-refractivity contribution in [2.24, 2.45) is 0 Å². The highest BCUT2D eigenvalue weighted by Gasteiger charge is 2.22. The fourth-order valence-corrected chi connectivity index (χ4v) is 4.92. The average Bonchev–Trinajstić information content (AvgIpc) is 2.84. The maximum atomic E-state index is 13.3. The van der Waals surface area contributed by atoms with Gasteiger partial charge >= 0.3 is 0 Å². The van der Waals surface area contributed by atoms with E-state index in [-0.39, 0.29) is 5.13 Å². The van der Waals surface area contributed by atoms with Gasteiger partial charge in [-0.2, -0.15) is 0 Å². The maximum absolute atomic E-state index is 13.3. The molecule has 1 aliphatic rings. The number of aromatic nitrogens is 1. The van der Waals surface area contributed by atoms with Crippen molar-refractivity contribution in [3.63, 3.8) is 0 Å². The number of rotatable bonds is 3. The van der Waals surface area contributed by atoms with Crippen molar-refractivity contribution >= 4 is 26.5 Å². The number of aryl methyl sites for hydroxylation is 2. The highest BCUT2D eigenvalue weighted by molar-refractivity contribution is 7.93. The highest BCUT2D eigenvalue weighted by atomic mass is 32.2. The first kappa shape index (κ1) is 17.2. The Morgan fingerprint density at radius 2 is 1.62 bits per heavy atom. The van der Waals surface area contributed by atoms with Crippen LogP contribution in [0.25, 0.3) is 0 Å². The number of sulfonamides is 1. The van der Waals surface area contributed by atoms with Crippen molar-refractivity contribution < 1.29 is 21.6 Å². The molecule has 24 heavy (non-hydrogen) atoms. The third kappa shape index (κ3) is 3.56. The minimum absolute atomic E-state index is 0.159. The molecular formula is C15H15F3N2O2S2. The van der Waals surface area contributed by atoms with E-state index < -0.39 is 32.4 Å². The normalized spacial score (nSPS) is 15.5. The van der Waals surface area contributed by atoms with Gasteiger partial charge in [0.05, 0.1) is 10.6 Å². The monoisotopic (exact) mass is 376 g/mol. The third-order valence-electron chi connectivity index (χ3n) is 3.83. The number of hydrogen-bond donors (Lipinski definition) is 1. The molecule has 3 rings (SSSR count). The van der Waals surface area contributed by atoms with Crippen LogP contribution in [0, 0.1) is 17.5 Å². The molecule has 0 unspecified atom stereocenters. The third-order valence-corrected chi connectivity index (χ3v) is 6.36. The van der Waals surface area contributed by atoms with Crippen LogP contribution in [0.5, 0.6) is 0 Å². The molecule has 130 valence electrons. The number of thiazole rings is 1. The van der Waals surface area contributed by atoms with E-state index >= 15 is 0 Å². The summed E-state index contributed by atoms with van der Waals surface area (Å²) in [7, 11) is -4.24. The molecule has 0 fully saturated rings. The highest BCUT2D eigenvalue weighted by Crippen LogP contribution is 2.30. The zero-order valence-electron chi connectivity index (χ0n) is 12.6. The molecule has 0 atom stereocenters. The molecule has 0 spiro atoms. The van der Waals surface area contributed by atoms with Crippen molar-refractivity contribution in [1.29, 1.82) is 0 Å². The Hall–Kier alpha value is -1.61. The summed E-state index contributed by atoms with van der Waals surface area (Å²) in [6.45, 7) is 0. The Kier molecular flexibility index (Phi) is 4.82. The van der Waals surface area contributed by atoms with Gasteiger partial charge in [0.15, 0.2) is 22.6 Å².